The van der Waals surface area contributed by atoms with Crippen LogP contribution in [-0.2, 0) is 13.3 Å². The average molecular weight is 479 g/mol. The number of nitrogens with one attached hydrogen (secondary N) is 1. The fraction of sp³-hybridized carbons (Fsp3) is 0.296. The number of imidazole rings is 1. The first-order valence-electron chi connectivity index (χ1n) is 12.1. The molecule has 9 nitrogen and oxygen atoms in total. The van der Waals surface area contributed by atoms with Gasteiger partial charge in [0.05, 0.1) is 11.3 Å². The number of nitriles is 1. The van der Waals surface area contributed by atoms with Gasteiger partial charge in [-0.3, -0.25) is 14.5 Å². The number of ether oxygens (including phenoxy) is 1. The minimum atomic E-state index is 0.196. The van der Waals surface area contributed by atoms with Crippen molar-refractivity contribution < 1.29 is 4.74 Å². The first-order chi connectivity index (χ1) is 17.7. The normalized spacial score (nSPS) is 15.4. The summed E-state index contributed by atoms with van der Waals surface area (Å²) in [5.74, 6) is 2.65. The Hall–Kier alpha value is -4.29. The van der Waals surface area contributed by atoms with E-state index in [0.29, 0.717) is 12.8 Å². The highest BCUT2D eigenvalue weighted by Gasteiger charge is 2.24. The molecule has 1 aromatic carbocycles. The van der Waals surface area contributed by atoms with E-state index in [1.54, 1.807) is 12.4 Å². The lowest BCUT2D eigenvalue weighted by Crippen LogP contribution is -2.38. The highest BCUT2D eigenvalue weighted by molar-refractivity contribution is 5.71. The van der Waals surface area contributed by atoms with Crippen LogP contribution in [0, 0.1) is 18.3 Å². The Morgan fingerprint density at radius 1 is 1.08 bits per heavy atom. The van der Waals surface area contributed by atoms with Crippen LogP contribution >= 0.6 is 0 Å². The Kier molecular flexibility index (Phi) is 5.79. The van der Waals surface area contributed by atoms with E-state index in [2.05, 4.69) is 60.9 Å². The largest absolute Gasteiger partial charge is 0.472 e. The van der Waals surface area contributed by atoms with Gasteiger partial charge in [0, 0.05) is 55.5 Å². The molecule has 180 valence electrons. The van der Waals surface area contributed by atoms with Gasteiger partial charge in [-0.1, -0.05) is 24.3 Å². The summed E-state index contributed by atoms with van der Waals surface area (Å²) in [7, 11) is 0. The lowest BCUT2D eigenvalue weighted by molar-refractivity contribution is 0.211. The number of rotatable bonds is 5. The molecule has 0 atom stereocenters. The number of anilines is 1. The topological polar surface area (TPSA) is 105 Å². The quantitative estimate of drug-likeness (QED) is 0.459. The highest BCUT2D eigenvalue weighted by Crippen LogP contribution is 2.36. The van der Waals surface area contributed by atoms with Crippen molar-refractivity contribution >= 4 is 5.82 Å². The van der Waals surface area contributed by atoms with Crippen molar-refractivity contribution in [3.05, 3.63) is 72.1 Å². The summed E-state index contributed by atoms with van der Waals surface area (Å²) in [6.07, 6.45) is 7.24. The second-order valence-corrected chi connectivity index (χ2v) is 9.21. The van der Waals surface area contributed by atoms with Crippen molar-refractivity contribution in [2.45, 2.75) is 39.1 Å². The number of benzene rings is 1. The molecule has 1 fully saturated rings. The highest BCUT2D eigenvalue weighted by atomic mass is 16.5. The SMILES string of the molecule is Cc1c(-c2ccc(CN3CCC(Nc4ccnc(C#N)n4)CC3)cc2)nc2n1COc1ccncc1-2. The van der Waals surface area contributed by atoms with Gasteiger partial charge in [0.15, 0.2) is 6.73 Å². The van der Waals surface area contributed by atoms with Crippen LogP contribution in [0.1, 0.15) is 29.9 Å². The lowest BCUT2D eigenvalue weighted by atomic mass is 10.0. The van der Waals surface area contributed by atoms with Crippen molar-refractivity contribution in [2.24, 2.45) is 0 Å². The van der Waals surface area contributed by atoms with Crippen LogP contribution in [0.3, 0.4) is 0 Å². The lowest BCUT2D eigenvalue weighted by Gasteiger charge is -2.32. The van der Waals surface area contributed by atoms with E-state index in [1.807, 2.05) is 24.4 Å². The van der Waals surface area contributed by atoms with Crippen LogP contribution in [0.2, 0.25) is 0 Å². The maximum Gasteiger partial charge on any atom is 0.234 e. The maximum absolute atomic E-state index is 8.99. The van der Waals surface area contributed by atoms with Crippen molar-refractivity contribution in [2.75, 3.05) is 18.4 Å². The second-order valence-electron chi connectivity index (χ2n) is 9.21. The summed E-state index contributed by atoms with van der Waals surface area (Å²) >= 11 is 0. The minimum Gasteiger partial charge on any atom is -0.472 e. The van der Waals surface area contributed by atoms with Gasteiger partial charge in [-0.2, -0.15) is 5.26 Å². The number of hydrogen-bond donors (Lipinski definition) is 1. The molecule has 0 spiro atoms. The van der Waals surface area contributed by atoms with Crippen LogP contribution in [-0.4, -0.2) is 48.5 Å². The Morgan fingerprint density at radius 2 is 1.92 bits per heavy atom. The molecule has 0 saturated carbocycles. The zero-order valence-electron chi connectivity index (χ0n) is 20.1. The Bertz CT molecular complexity index is 1430. The van der Waals surface area contributed by atoms with E-state index in [0.717, 1.165) is 72.4 Å². The molecule has 4 aromatic rings. The second kappa shape index (κ2) is 9.40. The van der Waals surface area contributed by atoms with E-state index in [9.17, 15) is 0 Å². The van der Waals surface area contributed by atoms with E-state index < -0.39 is 0 Å². The summed E-state index contributed by atoms with van der Waals surface area (Å²) in [6, 6.07) is 14.8. The van der Waals surface area contributed by atoms with Gasteiger partial charge in [-0.15, -0.1) is 0 Å². The molecule has 1 saturated heterocycles. The number of pyridine rings is 1. The van der Waals surface area contributed by atoms with Gasteiger partial charge in [0.1, 0.15) is 23.5 Å². The predicted molar refractivity (Wildman–Crippen MR) is 135 cm³/mol. The van der Waals surface area contributed by atoms with Gasteiger partial charge in [0.25, 0.3) is 0 Å². The number of hydrogen-bond acceptors (Lipinski definition) is 8. The fourth-order valence-electron chi connectivity index (χ4n) is 4.94. The zero-order chi connectivity index (χ0) is 24.5. The van der Waals surface area contributed by atoms with Crippen molar-refractivity contribution in [1.82, 2.24) is 29.4 Å². The van der Waals surface area contributed by atoms with Crippen molar-refractivity contribution in [3.63, 3.8) is 0 Å². The van der Waals surface area contributed by atoms with Crippen molar-refractivity contribution in [1.29, 1.82) is 5.26 Å². The molecular weight excluding hydrogens is 452 g/mol. The summed E-state index contributed by atoms with van der Waals surface area (Å²) in [6.45, 7) is 5.49. The Labute approximate surface area is 209 Å². The van der Waals surface area contributed by atoms with E-state index >= 15 is 0 Å². The van der Waals surface area contributed by atoms with E-state index in [1.165, 1.54) is 5.56 Å². The molecule has 9 heteroatoms. The summed E-state index contributed by atoms with van der Waals surface area (Å²) in [4.78, 5) is 19.9. The number of piperidine rings is 1. The summed E-state index contributed by atoms with van der Waals surface area (Å²) in [5, 5.41) is 12.4. The average Bonchev–Trinajstić information content (AvgIpc) is 3.27. The van der Waals surface area contributed by atoms with E-state index in [4.69, 9.17) is 15.0 Å². The molecule has 2 aliphatic heterocycles. The van der Waals surface area contributed by atoms with Gasteiger partial charge < -0.3 is 10.1 Å². The Balaban J connectivity index is 1.09. The number of fused-ring (bicyclic) bond motifs is 3. The first-order valence-corrected chi connectivity index (χ1v) is 12.1. The van der Waals surface area contributed by atoms with Gasteiger partial charge in [0.2, 0.25) is 5.82 Å². The van der Waals surface area contributed by atoms with E-state index in [-0.39, 0.29) is 5.82 Å². The summed E-state index contributed by atoms with van der Waals surface area (Å²) < 4.78 is 7.99. The first kappa shape index (κ1) is 22.2. The fourth-order valence-corrected chi connectivity index (χ4v) is 4.94. The maximum atomic E-state index is 8.99. The molecule has 0 radical (unpaired) electrons. The van der Waals surface area contributed by atoms with Crippen LogP contribution in [0.15, 0.2) is 55.0 Å². The van der Waals surface area contributed by atoms with Gasteiger partial charge in [-0.25, -0.2) is 15.0 Å². The standard InChI is InChI=1S/C27H26N8O/c1-18-26(33-27-22-15-29-10-6-23(22)36-17-35(18)27)20-4-2-19(3-5-20)16-34-12-8-21(9-13-34)31-24-7-11-30-25(14-28)32-24/h2-7,10-11,15,21H,8-9,12-13,16-17H2,1H3,(H,30,31,32). The molecule has 36 heavy (non-hydrogen) atoms. The number of likely N-dealkylation sites (tertiary alicyclic amines) is 1. The van der Waals surface area contributed by atoms with Crippen molar-refractivity contribution in [3.8, 4) is 34.5 Å². The molecule has 5 heterocycles. The third kappa shape index (κ3) is 4.27. The van der Waals surface area contributed by atoms with Crippen LogP contribution < -0.4 is 10.1 Å². The van der Waals surface area contributed by atoms with Crippen LogP contribution in [0.4, 0.5) is 5.82 Å². The number of nitrogens with zero attached hydrogens (tertiary/aromatic N) is 7. The molecule has 0 amide bonds. The third-order valence-electron chi connectivity index (χ3n) is 6.92. The number of aromatic nitrogens is 5. The zero-order valence-corrected chi connectivity index (χ0v) is 20.1. The van der Waals surface area contributed by atoms with Crippen LogP contribution in [0.25, 0.3) is 22.6 Å². The van der Waals surface area contributed by atoms with Crippen LogP contribution in [0.5, 0.6) is 5.75 Å². The molecule has 3 aromatic heterocycles. The van der Waals surface area contributed by atoms with Gasteiger partial charge in [-0.05, 0) is 37.5 Å². The molecule has 0 aliphatic carbocycles. The smallest absolute Gasteiger partial charge is 0.234 e. The minimum absolute atomic E-state index is 0.196. The molecule has 0 unspecified atom stereocenters. The summed E-state index contributed by atoms with van der Waals surface area (Å²) in [5.41, 5.74) is 5.39. The predicted octanol–water partition coefficient (Wildman–Crippen LogP) is 4.01. The molecule has 2 aliphatic rings. The molecular formula is C27H26N8O. The van der Waals surface area contributed by atoms with Gasteiger partial charge >= 0.3 is 0 Å². The Morgan fingerprint density at radius 3 is 2.72 bits per heavy atom. The molecule has 6 rings (SSSR count). The monoisotopic (exact) mass is 478 g/mol. The molecule has 1 N–H and O–H groups in total. The third-order valence-corrected chi connectivity index (χ3v) is 6.92. The molecule has 0 bridgehead atoms.